The lowest BCUT2D eigenvalue weighted by molar-refractivity contribution is 0.251. The largest absolute Gasteiger partial charge is 0.334 e. The standard InChI is InChI=1S/C13H11Br2N3O/c14-10-5-6-12(16-8-10)18-13(19)17-7-9-3-1-2-4-11(9)15/h1-6,8H,7H2,(H2,16,17,18,19). The van der Waals surface area contributed by atoms with E-state index in [0.29, 0.717) is 12.4 Å². The summed E-state index contributed by atoms with van der Waals surface area (Å²) in [5, 5.41) is 5.43. The van der Waals surface area contributed by atoms with Crippen molar-refractivity contribution in [2.24, 2.45) is 0 Å². The summed E-state index contributed by atoms with van der Waals surface area (Å²) in [4.78, 5) is 15.8. The van der Waals surface area contributed by atoms with Crippen LogP contribution in [0.1, 0.15) is 5.56 Å². The summed E-state index contributed by atoms with van der Waals surface area (Å²) in [6, 6.07) is 11.0. The first kappa shape index (κ1) is 14.0. The van der Waals surface area contributed by atoms with Gasteiger partial charge >= 0.3 is 6.03 Å². The molecule has 2 rings (SSSR count). The van der Waals surface area contributed by atoms with Crippen molar-refractivity contribution in [3.05, 3.63) is 57.1 Å². The Kier molecular flexibility index (Phi) is 4.93. The number of hydrogen-bond donors (Lipinski definition) is 2. The van der Waals surface area contributed by atoms with Gasteiger partial charge in [-0.25, -0.2) is 9.78 Å². The number of nitrogens with zero attached hydrogens (tertiary/aromatic N) is 1. The van der Waals surface area contributed by atoms with Gasteiger partial charge in [0.2, 0.25) is 0 Å². The highest BCUT2D eigenvalue weighted by Crippen LogP contribution is 2.15. The molecule has 1 aromatic carbocycles. The molecule has 0 saturated carbocycles. The number of aromatic nitrogens is 1. The molecule has 0 atom stereocenters. The molecule has 0 fully saturated rings. The summed E-state index contributed by atoms with van der Waals surface area (Å²) < 4.78 is 1.84. The van der Waals surface area contributed by atoms with E-state index >= 15 is 0 Å². The lowest BCUT2D eigenvalue weighted by Crippen LogP contribution is -2.28. The molecule has 4 nitrogen and oxygen atoms in total. The number of amides is 2. The number of carbonyl (C=O) groups excluding carboxylic acids is 1. The molecule has 0 saturated heterocycles. The van der Waals surface area contributed by atoms with Crippen molar-refractivity contribution in [1.82, 2.24) is 10.3 Å². The van der Waals surface area contributed by atoms with Crippen molar-refractivity contribution in [1.29, 1.82) is 0 Å². The minimum atomic E-state index is -0.287. The van der Waals surface area contributed by atoms with Crippen LogP contribution in [0.3, 0.4) is 0 Å². The van der Waals surface area contributed by atoms with Crippen LogP contribution >= 0.6 is 31.9 Å². The number of urea groups is 1. The molecule has 2 aromatic rings. The molecule has 6 heteroatoms. The third kappa shape index (κ3) is 4.33. The molecule has 19 heavy (non-hydrogen) atoms. The summed E-state index contributed by atoms with van der Waals surface area (Å²) in [7, 11) is 0. The number of halogens is 2. The fourth-order valence-corrected chi connectivity index (χ4v) is 2.09. The molecule has 2 amide bonds. The Balaban J connectivity index is 1.88. The smallest absolute Gasteiger partial charge is 0.320 e. The summed E-state index contributed by atoms with van der Waals surface area (Å²) in [5.74, 6) is 0.507. The predicted octanol–water partition coefficient (Wildman–Crippen LogP) is 3.93. The highest BCUT2D eigenvalue weighted by Gasteiger charge is 2.04. The summed E-state index contributed by atoms with van der Waals surface area (Å²) in [6.07, 6.45) is 1.63. The fraction of sp³-hybridized carbons (Fsp3) is 0.0769. The molecule has 98 valence electrons. The van der Waals surface area contributed by atoms with Crippen molar-refractivity contribution >= 4 is 43.7 Å². The van der Waals surface area contributed by atoms with Gasteiger partial charge in [0.1, 0.15) is 5.82 Å². The van der Waals surface area contributed by atoms with E-state index in [1.165, 1.54) is 0 Å². The topological polar surface area (TPSA) is 54.0 Å². The third-order valence-electron chi connectivity index (χ3n) is 2.37. The SMILES string of the molecule is O=C(NCc1ccccc1Br)Nc1ccc(Br)cn1. The number of pyridine rings is 1. The predicted molar refractivity (Wildman–Crippen MR) is 81.9 cm³/mol. The Bertz CT molecular complexity index is 572. The van der Waals surface area contributed by atoms with E-state index < -0.39 is 0 Å². The van der Waals surface area contributed by atoms with Crippen molar-refractivity contribution < 1.29 is 4.79 Å². The first-order chi connectivity index (χ1) is 9.15. The number of hydrogen-bond acceptors (Lipinski definition) is 2. The van der Waals surface area contributed by atoms with Gasteiger partial charge in [0.25, 0.3) is 0 Å². The van der Waals surface area contributed by atoms with Crippen LogP contribution in [0.15, 0.2) is 51.5 Å². The third-order valence-corrected chi connectivity index (χ3v) is 3.61. The van der Waals surface area contributed by atoms with Gasteiger partial charge in [-0.2, -0.15) is 0 Å². The Morgan fingerprint density at radius 2 is 1.95 bits per heavy atom. The highest BCUT2D eigenvalue weighted by molar-refractivity contribution is 9.10. The van der Waals surface area contributed by atoms with Gasteiger partial charge in [-0.15, -0.1) is 0 Å². The maximum absolute atomic E-state index is 11.7. The van der Waals surface area contributed by atoms with Crippen molar-refractivity contribution in [3.8, 4) is 0 Å². The van der Waals surface area contributed by atoms with E-state index in [-0.39, 0.29) is 6.03 Å². The molecule has 0 unspecified atom stereocenters. The molecule has 0 radical (unpaired) electrons. The zero-order valence-electron chi connectivity index (χ0n) is 9.86. The number of nitrogens with one attached hydrogen (secondary N) is 2. The molecule has 1 heterocycles. The Morgan fingerprint density at radius 1 is 1.16 bits per heavy atom. The van der Waals surface area contributed by atoms with E-state index in [2.05, 4.69) is 47.5 Å². The molecular formula is C13H11Br2N3O. The summed E-state index contributed by atoms with van der Waals surface area (Å²) in [6.45, 7) is 0.448. The molecule has 0 bridgehead atoms. The molecular weight excluding hydrogens is 374 g/mol. The lowest BCUT2D eigenvalue weighted by atomic mass is 10.2. The highest BCUT2D eigenvalue weighted by atomic mass is 79.9. The van der Waals surface area contributed by atoms with Crippen LogP contribution in [-0.4, -0.2) is 11.0 Å². The van der Waals surface area contributed by atoms with Gasteiger partial charge in [-0.05, 0) is 39.7 Å². The first-order valence-electron chi connectivity index (χ1n) is 5.55. The van der Waals surface area contributed by atoms with Crippen LogP contribution in [-0.2, 0) is 6.54 Å². The quantitative estimate of drug-likeness (QED) is 0.842. The second-order valence-electron chi connectivity index (χ2n) is 3.76. The lowest BCUT2D eigenvalue weighted by Gasteiger charge is -2.08. The van der Waals surface area contributed by atoms with Gasteiger partial charge < -0.3 is 5.32 Å². The zero-order chi connectivity index (χ0) is 13.7. The Labute approximate surface area is 127 Å². The minimum absolute atomic E-state index is 0.287. The molecule has 0 aliphatic carbocycles. The number of benzene rings is 1. The normalized spacial score (nSPS) is 10.0. The van der Waals surface area contributed by atoms with Crippen molar-refractivity contribution in [3.63, 3.8) is 0 Å². The van der Waals surface area contributed by atoms with Gasteiger partial charge in [0, 0.05) is 21.7 Å². The number of rotatable bonds is 3. The minimum Gasteiger partial charge on any atom is -0.334 e. The molecule has 2 N–H and O–H groups in total. The van der Waals surface area contributed by atoms with Crippen LogP contribution in [0.4, 0.5) is 10.6 Å². The van der Waals surface area contributed by atoms with E-state index in [1.807, 2.05) is 30.3 Å². The fourth-order valence-electron chi connectivity index (χ4n) is 1.43. The maximum atomic E-state index is 11.7. The van der Waals surface area contributed by atoms with Gasteiger partial charge in [0.15, 0.2) is 0 Å². The van der Waals surface area contributed by atoms with E-state index in [9.17, 15) is 4.79 Å². The zero-order valence-corrected chi connectivity index (χ0v) is 13.0. The van der Waals surface area contributed by atoms with E-state index in [0.717, 1.165) is 14.5 Å². The average molecular weight is 385 g/mol. The van der Waals surface area contributed by atoms with Crippen LogP contribution in [0.25, 0.3) is 0 Å². The summed E-state index contributed by atoms with van der Waals surface area (Å²) >= 11 is 6.72. The monoisotopic (exact) mass is 383 g/mol. The Morgan fingerprint density at radius 3 is 2.63 bits per heavy atom. The van der Waals surface area contributed by atoms with Crippen LogP contribution < -0.4 is 10.6 Å². The number of carbonyl (C=O) groups is 1. The van der Waals surface area contributed by atoms with E-state index in [4.69, 9.17) is 0 Å². The van der Waals surface area contributed by atoms with E-state index in [1.54, 1.807) is 12.3 Å². The van der Waals surface area contributed by atoms with Crippen LogP contribution in [0.5, 0.6) is 0 Å². The molecule has 1 aromatic heterocycles. The maximum Gasteiger partial charge on any atom is 0.320 e. The second kappa shape index (κ2) is 6.68. The first-order valence-corrected chi connectivity index (χ1v) is 7.13. The summed E-state index contributed by atoms with van der Waals surface area (Å²) in [5.41, 5.74) is 1.02. The van der Waals surface area contributed by atoms with Crippen LogP contribution in [0.2, 0.25) is 0 Å². The second-order valence-corrected chi connectivity index (χ2v) is 5.53. The molecule has 0 aliphatic rings. The molecule has 0 spiro atoms. The molecule has 0 aliphatic heterocycles. The van der Waals surface area contributed by atoms with Crippen LogP contribution in [0, 0.1) is 0 Å². The van der Waals surface area contributed by atoms with Crippen molar-refractivity contribution in [2.45, 2.75) is 6.54 Å². The average Bonchev–Trinajstić information content (AvgIpc) is 2.40. The number of anilines is 1. The van der Waals surface area contributed by atoms with Gasteiger partial charge in [-0.1, -0.05) is 34.1 Å². The Hall–Kier alpha value is -1.40. The van der Waals surface area contributed by atoms with Gasteiger partial charge in [0.05, 0.1) is 0 Å². The van der Waals surface area contributed by atoms with Gasteiger partial charge in [-0.3, -0.25) is 5.32 Å². The van der Waals surface area contributed by atoms with Crippen molar-refractivity contribution in [2.75, 3.05) is 5.32 Å².